The van der Waals surface area contributed by atoms with E-state index in [1.165, 1.54) is 24.3 Å². The van der Waals surface area contributed by atoms with Crippen LogP contribution in [0.5, 0.6) is 0 Å². The summed E-state index contributed by atoms with van der Waals surface area (Å²) in [6.07, 6.45) is 0.597. The van der Waals surface area contributed by atoms with Crippen LogP contribution < -0.4 is 11.1 Å². The first kappa shape index (κ1) is 14.7. The van der Waals surface area contributed by atoms with Gasteiger partial charge in [-0.2, -0.15) is 0 Å². The molecule has 0 radical (unpaired) electrons. The molecule has 1 aromatic heterocycles. The number of benzene rings is 1. The van der Waals surface area contributed by atoms with Gasteiger partial charge in [0.2, 0.25) is 5.82 Å². The second-order valence-corrected chi connectivity index (χ2v) is 4.61. The predicted molar refractivity (Wildman–Crippen MR) is 78.6 cm³/mol. The fraction of sp³-hybridized carbons (Fsp3) is 0.214. The van der Waals surface area contributed by atoms with E-state index in [0.29, 0.717) is 13.0 Å². The van der Waals surface area contributed by atoms with Crippen LogP contribution in [-0.2, 0) is 6.42 Å². The van der Waals surface area contributed by atoms with Gasteiger partial charge in [0, 0.05) is 12.6 Å². The molecule has 1 heterocycles. The minimum Gasteiger partial charge on any atom is -0.384 e. The molecule has 0 saturated heterocycles. The lowest BCUT2D eigenvalue weighted by Gasteiger charge is -2.09. The lowest BCUT2D eigenvalue weighted by atomic mass is 10.1. The summed E-state index contributed by atoms with van der Waals surface area (Å²) in [5.74, 6) is 0.0678. The number of hydrogen-bond donors (Lipinski definition) is 2. The molecule has 0 fully saturated rings. The smallest absolute Gasteiger partial charge is 0.311 e. The largest absolute Gasteiger partial charge is 0.384 e. The number of nitrogens with one attached hydrogen (secondary N) is 1. The second-order valence-electron chi connectivity index (χ2n) is 4.61. The van der Waals surface area contributed by atoms with Gasteiger partial charge in [-0.3, -0.25) is 10.1 Å². The van der Waals surface area contributed by atoms with E-state index in [9.17, 15) is 14.5 Å². The number of aromatic nitrogens is 1. The summed E-state index contributed by atoms with van der Waals surface area (Å²) in [6.45, 7) is 2.25. The Hall–Kier alpha value is -2.70. The molecule has 1 aromatic carbocycles. The number of nitrogens with zero attached hydrogens (tertiary/aromatic N) is 2. The second kappa shape index (κ2) is 6.17. The Morgan fingerprint density at radius 2 is 2.14 bits per heavy atom. The molecule has 0 spiro atoms. The zero-order valence-corrected chi connectivity index (χ0v) is 11.5. The topological polar surface area (TPSA) is 94.1 Å². The van der Waals surface area contributed by atoms with Crippen molar-refractivity contribution in [2.45, 2.75) is 13.3 Å². The maximum Gasteiger partial charge on any atom is 0.311 e. The van der Waals surface area contributed by atoms with Gasteiger partial charge >= 0.3 is 5.69 Å². The van der Waals surface area contributed by atoms with E-state index < -0.39 is 4.92 Å². The van der Waals surface area contributed by atoms with E-state index >= 15 is 0 Å². The summed E-state index contributed by atoms with van der Waals surface area (Å²) in [5, 5.41) is 13.8. The molecule has 2 rings (SSSR count). The molecular weight excluding hydrogens is 275 g/mol. The molecule has 0 aliphatic rings. The van der Waals surface area contributed by atoms with Gasteiger partial charge in [-0.05, 0) is 42.7 Å². The van der Waals surface area contributed by atoms with Crippen molar-refractivity contribution >= 4 is 17.3 Å². The number of nitrogen functional groups attached to an aromatic ring is 1. The van der Waals surface area contributed by atoms with Crippen LogP contribution in [0.1, 0.15) is 11.1 Å². The SMILES string of the molecule is Cc1cc(F)ccc1CCNc1nc(N)ccc1[N+](=O)[O-]. The highest BCUT2D eigenvalue weighted by Crippen LogP contribution is 2.22. The lowest BCUT2D eigenvalue weighted by molar-refractivity contribution is -0.384. The van der Waals surface area contributed by atoms with Gasteiger partial charge in [-0.15, -0.1) is 0 Å². The van der Waals surface area contributed by atoms with Crippen molar-refractivity contribution in [1.82, 2.24) is 4.98 Å². The monoisotopic (exact) mass is 290 g/mol. The van der Waals surface area contributed by atoms with Crippen LogP contribution in [-0.4, -0.2) is 16.5 Å². The van der Waals surface area contributed by atoms with Gasteiger partial charge in [0.05, 0.1) is 4.92 Å². The fourth-order valence-electron chi connectivity index (χ4n) is 2.00. The van der Waals surface area contributed by atoms with Crippen LogP contribution >= 0.6 is 0 Å². The first-order chi connectivity index (χ1) is 9.97. The van der Waals surface area contributed by atoms with Crippen LogP contribution in [0.3, 0.4) is 0 Å². The molecule has 7 heteroatoms. The summed E-state index contributed by atoms with van der Waals surface area (Å²) >= 11 is 0. The Morgan fingerprint density at radius 1 is 1.38 bits per heavy atom. The minimum atomic E-state index is -0.516. The fourth-order valence-corrected chi connectivity index (χ4v) is 2.00. The molecule has 0 atom stereocenters. The molecule has 0 aliphatic carbocycles. The van der Waals surface area contributed by atoms with Gasteiger partial charge in [0.15, 0.2) is 0 Å². The molecular formula is C14H15FN4O2. The van der Waals surface area contributed by atoms with Crippen molar-refractivity contribution in [3.05, 3.63) is 57.4 Å². The van der Waals surface area contributed by atoms with E-state index in [4.69, 9.17) is 5.73 Å². The third kappa shape index (κ3) is 3.65. The molecule has 21 heavy (non-hydrogen) atoms. The van der Waals surface area contributed by atoms with Crippen molar-refractivity contribution in [3.8, 4) is 0 Å². The third-order valence-electron chi connectivity index (χ3n) is 3.08. The van der Waals surface area contributed by atoms with E-state index in [1.54, 1.807) is 6.07 Å². The van der Waals surface area contributed by atoms with Crippen LogP contribution in [0, 0.1) is 22.9 Å². The third-order valence-corrected chi connectivity index (χ3v) is 3.08. The standard InChI is InChI=1S/C14H15FN4O2/c1-9-8-11(15)3-2-10(9)6-7-17-14-12(19(20)21)4-5-13(16)18-14/h2-5,8H,6-7H2,1H3,(H3,16,17,18). The van der Waals surface area contributed by atoms with Crippen LogP contribution in [0.2, 0.25) is 0 Å². The molecule has 3 N–H and O–H groups in total. The van der Waals surface area contributed by atoms with E-state index in [-0.39, 0.29) is 23.1 Å². The molecule has 110 valence electrons. The quantitative estimate of drug-likeness (QED) is 0.652. The Kier molecular flexibility index (Phi) is 4.32. The molecule has 0 bridgehead atoms. The van der Waals surface area contributed by atoms with Crippen molar-refractivity contribution < 1.29 is 9.31 Å². The molecule has 0 unspecified atom stereocenters. The van der Waals surface area contributed by atoms with Crippen LogP contribution in [0.4, 0.5) is 21.7 Å². The lowest BCUT2D eigenvalue weighted by Crippen LogP contribution is -2.10. The van der Waals surface area contributed by atoms with Gasteiger partial charge in [-0.25, -0.2) is 9.37 Å². The Labute approximate surface area is 121 Å². The molecule has 0 aliphatic heterocycles. The van der Waals surface area contributed by atoms with Crippen molar-refractivity contribution in [2.75, 3.05) is 17.6 Å². The van der Waals surface area contributed by atoms with Crippen molar-refractivity contribution in [3.63, 3.8) is 0 Å². The molecule has 6 nitrogen and oxygen atoms in total. The highest BCUT2D eigenvalue weighted by molar-refractivity contribution is 5.59. The first-order valence-corrected chi connectivity index (χ1v) is 6.37. The number of rotatable bonds is 5. The minimum absolute atomic E-state index is 0.125. The zero-order chi connectivity index (χ0) is 15.4. The summed E-state index contributed by atoms with van der Waals surface area (Å²) < 4.78 is 13.0. The number of nitro groups is 1. The van der Waals surface area contributed by atoms with E-state index in [1.807, 2.05) is 6.92 Å². The highest BCUT2D eigenvalue weighted by Gasteiger charge is 2.15. The Balaban J connectivity index is 2.06. The van der Waals surface area contributed by atoms with E-state index in [0.717, 1.165) is 11.1 Å². The highest BCUT2D eigenvalue weighted by atomic mass is 19.1. The molecule has 2 aromatic rings. The van der Waals surface area contributed by atoms with Gasteiger partial charge < -0.3 is 11.1 Å². The number of aryl methyl sites for hydroxylation is 1. The Morgan fingerprint density at radius 3 is 2.81 bits per heavy atom. The van der Waals surface area contributed by atoms with E-state index in [2.05, 4.69) is 10.3 Å². The molecule has 0 saturated carbocycles. The summed E-state index contributed by atoms with van der Waals surface area (Å²) in [6, 6.07) is 7.24. The number of anilines is 2. The summed E-state index contributed by atoms with van der Waals surface area (Å²) in [7, 11) is 0. The average Bonchev–Trinajstić information content (AvgIpc) is 2.41. The molecule has 0 amide bonds. The number of nitrogens with two attached hydrogens (primary N) is 1. The van der Waals surface area contributed by atoms with Crippen molar-refractivity contribution in [2.24, 2.45) is 0 Å². The summed E-state index contributed by atoms with van der Waals surface area (Å²) in [4.78, 5) is 14.3. The summed E-state index contributed by atoms with van der Waals surface area (Å²) in [5.41, 5.74) is 7.22. The normalized spacial score (nSPS) is 10.4. The number of halogens is 1. The van der Waals surface area contributed by atoms with Gasteiger partial charge in [0.1, 0.15) is 11.6 Å². The van der Waals surface area contributed by atoms with Gasteiger partial charge in [0.25, 0.3) is 0 Å². The number of hydrogen-bond acceptors (Lipinski definition) is 5. The number of pyridine rings is 1. The van der Waals surface area contributed by atoms with Crippen LogP contribution in [0.15, 0.2) is 30.3 Å². The van der Waals surface area contributed by atoms with Crippen molar-refractivity contribution in [1.29, 1.82) is 0 Å². The van der Waals surface area contributed by atoms with Crippen LogP contribution in [0.25, 0.3) is 0 Å². The Bertz CT molecular complexity index is 676. The maximum absolute atomic E-state index is 13.0. The van der Waals surface area contributed by atoms with Gasteiger partial charge in [-0.1, -0.05) is 6.07 Å². The zero-order valence-electron chi connectivity index (χ0n) is 11.5. The predicted octanol–water partition coefficient (Wildman–Crippen LogP) is 2.67. The maximum atomic E-state index is 13.0. The average molecular weight is 290 g/mol. The first-order valence-electron chi connectivity index (χ1n) is 6.37.